The molecule has 2 N–H and O–H groups in total. The van der Waals surface area contributed by atoms with E-state index in [1.165, 1.54) is 17.7 Å². The maximum absolute atomic E-state index is 13.6. The van der Waals surface area contributed by atoms with Gasteiger partial charge in [-0.1, -0.05) is 48.0 Å². The SMILES string of the molecule is Cc1ccc(NC(=O)N2CCc3c([nH]c4ccccc34)C2c2ccc(F)cc2)cc1Cl. The number of rotatable bonds is 2. The monoisotopic (exact) mass is 433 g/mol. The molecule has 31 heavy (non-hydrogen) atoms. The fraction of sp³-hybridized carbons (Fsp3) is 0.160. The number of para-hydroxylation sites is 1. The minimum atomic E-state index is -0.349. The van der Waals surface area contributed by atoms with Gasteiger partial charge in [0.2, 0.25) is 0 Å². The average Bonchev–Trinajstić information content (AvgIpc) is 3.15. The summed E-state index contributed by atoms with van der Waals surface area (Å²) in [5, 5.41) is 4.73. The van der Waals surface area contributed by atoms with Crippen LogP contribution in [0.25, 0.3) is 10.9 Å². The largest absolute Gasteiger partial charge is 0.356 e. The lowest BCUT2D eigenvalue weighted by Gasteiger charge is -2.36. The summed E-state index contributed by atoms with van der Waals surface area (Å²) in [6.07, 6.45) is 0.735. The lowest BCUT2D eigenvalue weighted by Crippen LogP contribution is -2.43. The summed E-state index contributed by atoms with van der Waals surface area (Å²) < 4.78 is 13.6. The quantitative estimate of drug-likeness (QED) is 0.375. The number of nitrogens with zero attached hydrogens (tertiary/aromatic N) is 1. The zero-order chi connectivity index (χ0) is 21.5. The van der Waals surface area contributed by atoms with E-state index in [1.54, 1.807) is 23.1 Å². The molecule has 156 valence electrons. The topological polar surface area (TPSA) is 48.1 Å². The van der Waals surface area contributed by atoms with E-state index < -0.39 is 0 Å². The van der Waals surface area contributed by atoms with Crippen LogP contribution in [-0.4, -0.2) is 22.5 Å². The Morgan fingerprint density at radius 3 is 2.68 bits per heavy atom. The lowest BCUT2D eigenvalue weighted by molar-refractivity contribution is 0.193. The molecular weight excluding hydrogens is 413 g/mol. The Morgan fingerprint density at radius 1 is 1.13 bits per heavy atom. The number of aryl methyl sites for hydroxylation is 1. The molecule has 1 aromatic heterocycles. The number of anilines is 1. The van der Waals surface area contributed by atoms with Crippen LogP contribution >= 0.6 is 11.6 Å². The summed E-state index contributed by atoms with van der Waals surface area (Å²) in [5.74, 6) is -0.304. The van der Waals surface area contributed by atoms with Gasteiger partial charge in [0, 0.05) is 33.9 Å². The summed E-state index contributed by atoms with van der Waals surface area (Å²) in [6, 6.07) is 19.4. The van der Waals surface area contributed by atoms with Crippen molar-refractivity contribution in [2.75, 3.05) is 11.9 Å². The van der Waals surface area contributed by atoms with Crippen molar-refractivity contribution in [2.45, 2.75) is 19.4 Å². The number of nitrogens with one attached hydrogen (secondary N) is 2. The molecule has 1 atom stereocenters. The molecule has 3 aromatic carbocycles. The van der Waals surface area contributed by atoms with Crippen molar-refractivity contribution in [2.24, 2.45) is 0 Å². The molecule has 0 saturated heterocycles. The van der Waals surface area contributed by atoms with Gasteiger partial charge in [0.25, 0.3) is 0 Å². The molecule has 0 spiro atoms. The molecule has 5 rings (SSSR count). The Bertz CT molecular complexity index is 1280. The van der Waals surface area contributed by atoms with Crippen molar-refractivity contribution in [1.29, 1.82) is 0 Å². The van der Waals surface area contributed by atoms with Crippen molar-refractivity contribution in [1.82, 2.24) is 9.88 Å². The van der Waals surface area contributed by atoms with Crippen LogP contribution in [0.4, 0.5) is 14.9 Å². The lowest BCUT2D eigenvalue weighted by atomic mass is 9.92. The van der Waals surface area contributed by atoms with Crippen molar-refractivity contribution in [3.8, 4) is 0 Å². The van der Waals surface area contributed by atoms with Crippen LogP contribution in [-0.2, 0) is 6.42 Å². The van der Waals surface area contributed by atoms with Gasteiger partial charge in [0.15, 0.2) is 0 Å². The third-order valence-electron chi connectivity index (χ3n) is 5.90. The number of carbonyl (C=O) groups is 1. The Balaban J connectivity index is 1.56. The molecule has 1 aliphatic rings. The molecule has 2 amide bonds. The normalized spacial score (nSPS) is 15.7. The van der Waals surface area contributed by atoms with Crippen molar-refractivity contribution in [3.05, 3.63) is 100.0 Å². The van der Waals surface area contributed by atoms with E-state index in [2.05, 4.69) is 16.4 Å². The van der Waals surface area contributed by atoms with Gasteiger partial charge < -0.3 is 15.2 Å². The summed E-state index contributed by atoms with van der Waals surface area (Å²) in [5.41, 5.74) is 5.65. The third-order valence-corrected chi connectivity index (χ3v) is 6.31. The number of urea groups is 1. The first-order valence-electron chi connectivity index (χ1n) is 10.2. The number of halogens is 2. The summed E-state index contributed by atoms with van der Waals surface area (Å²) in [6.45, 7) is 2.46. The fourth-order valence-electron chi connectivity index (χ4n) is 4.32. The Hall–Kier alpha value is -3.31. The molecule has 2 heterocycles. The zero-order valence-electron chi connectivity index (χ0n) is 17.0. The number of carbonyl (C=O) groups excluding carboxylic acids is 1. The summed E-state index contributed by atoms with van der Waals surface area (Å²) in [4.78, 5) is 18.6. The van der Waals surface area contributed by atoms with E-state index in [0.29, 0.717) is 17.3 Å². The minimum absolute atomic E-state index is 0.224. The highest BCUT2D eigenvalue weighted by atomic mass is 35.5. The second-order valence-electron chi connectivity index (χ2n) is 7.85. The molecule has 4 aromatic rings. The van der Waals surface area contributed by atoms with E-state index in [4.69, 9.17) is 11.6 Å². The van der Waals surface area contributed by atoms with Crippen LogP contribution in [0.3, 0.4) is 0 Å². The van der Waals surface area contributed by atoms with Crippen LogP contribution < -0.4 is 5.32 Å². The van der Waals surface area contributed by atoms with Crippen molar-refractivity contribution < 1.29 is 9.18 Å². The highest BCUT2D eigenvalue weighted by Crippen LogP contribution is 2.38. The standard InChI is InChI=1S/C25H21ClFN3O/c1-15-6-11-18(14-21(15)26)28-25(31)30-13-12-20-19-4-2-3-5-22(19)29-23(20)24(30)16-7-9-17(27)10-8-16/h2-11,14,24,29H,12-13H2,1H3,(H,28,31). The van der Waals surface area contributed by atoms with Gasteiger partial charge >= 0.3 is 6.03 Å². The van der Waals surface area contributed by atoms with Crippen LogP contribution in [0.2, 0.25) is 5.02 Å². The van der Waals surface area contributed by atoms with E-state index in [0.717, 1.165) is 34.1 Å². The summed E-state index contributed by atoms with van der Waals surface area (Å²) in [7, 11) is 0. The smallest absolute Gasteiger partial charge is 0.322 e. The Labute approximate surface area is 184 Å². The fourth-order valence-corrected chi connectivity index (χ4v) is 4.50. The maximum atomic E-state index is 13.6. The molecular formula is C25H21ClFN3O. The first-order valence-corrected chi connectivity index (χ1v) is 10.6. The van der Waals surface area contributed by atoms with Gasteiger partial charge in [-0.3, -0.25) is 0 Å². The van der Waals surface area contributed by atoms with Gasteiger partial charge in [-0.05, 0) is 60.4 Å². The van der Waals surface area contributed by atoms with E-state index >= 15 is 0 Å². The maximum Gasteiger partial charge on any atom is 0.322 e. The number of hydrogen-bond donors (Lipinski definition) is 2. The number of aromatic nitrogens is 1. The third kappa shape index (κ3) is 3.55. The van der Waals surface area contributed by atoms with Gasteiger partial charge in [-0.25, -0.2) is 9.18 Å². The molecule has 0 radical (unpaired) electrons. The molecule has 4 nitrogen and oxygen atoms in total. The predicted molar refractivity (Wildman–Crippen MR) is 122 cm³/mol. The van der Waals surface area contributed by atoms with Crippen molar-refractivity contribution in [3.63, 3.8) is 0 Å². The van der Waals surface area contributed by atoms with Crippen LogP contribution in [0, 0.1) is 12.7 Å². The molecule has 1 unspecified atom stereocenters. The van der Waals surface area contributed by atoms with Gasteiger partial charge in [-0.2, -0.15) is 0 Å². The van der Waals surface area contributed by atoms with Crippen LogP contribution in [0.1, 0.15) is 28.4 Å². The molecule has 0 fully saturated rings. The first-order chi connectivity index (χ1) is 15.0. The first kappa shape index (κ1) is 19.6. The van der Waals surface area contributed by atoms with Crippen LogP contribution in [0.15, 0.2) is 66.7 Å². The number of aromatic amines is 1. The predicted octanol–water partition coefficient (Wildman–Crippen LogP) is 6.45. The zero-order valence-corrected chi connectivity index (χ0v) is 17.7. The van der Waals surface area contributed by atoms with Gasteiger partial charge in [0.1, 0.15) is 5.82 Å². The number of fused-ring (bicyclic) bond motifs is 3. The van der Waals surface area contributed by atoms with Gasteiger partial charge in [-0.15, -0.1) is 0 Å². The van der Waals surface area contributed by atoms with E-state index in [1.807, 2.05) is 37.3 Å². The van der Waals surface area contributed by atoms with Crippen LogP contribution in [0.5, 0.6) is 0 Å². The molecule has 6 heteroatoms. The number of benzene rings is 3. The van der Waals surface area contributed by atoms with Gasteiger partial charge in [0.05, 0.1) is 6.04 Å². The Morgan fingerprint density at radius 2 is 1.90 bits per heavy atom. The minimum Gasteiger partial charge on any atom is -0.356 e. The molecule has 0 aliphatic carbocycles. The van der Waals surface area contributed by atoms with Crippen molar-refractivity contribution >= 4 is 34.2 Å². The average molecular weight is 434 g/mol. The number of amides is 2. The second-order valence-corrected chi connectivity index (χ2v) is 8.26. The second kappa shape index (κ2) is 7.75. The number of H-pyrrole nitrogens is 1. The highest BCUT2D eigenvalue weighted by Gasteiger charge is 2.34. The molecule has 0 saturated carbocycles. The highest BCUT2D eigenvalue weighted by molar-refractivity contribution is 6.31. The van der Waals surface area contributed by atoms with E-state index in [-0.39, 0.29) is 17.9 Å². The Kier molecular flexibility index (Phi) is 4.91. The van der Waals surface area contributed by atoms with E-state index in [9.17, 15) is 9.18 Å². The summed E-state index contributed by atoms with van der Waals surface area (Å²) >= 11 is 6.23. The molecule has 1 aliphatic heterocycles. The molecule has 0 bridgehead atoms. The number of hydrogen-bond acceptors (Lipinski definition) is 1.